The minimum absolute atomic E-state index is 0.0681. The zero-order valence-electron chi connectivity index (χ0n) is 20.6. The molecule has 0 radical (unpaired) electrons. The Labute approximate surface area is 216 Å². The van der Waals surface area contributed by atoms with Gasteiger partial charge in [0.1, 0.15) is 12.4 Å². The van der Waals surface area contributed by atoms with E-state index in [1.54, 1.807) is 36.4 Å². The van der Waals surface area contributed by atoms with Crippen molar-refractivity contribution in [3.63, 3.8) is 0 Å². The predicted octanol–water partition coefficient (Wildman–Crippen LogP) is 5.03. The smallest absolute Gasteiger partial charge is 0.264 e. The molecule has 9 heteroatoms. The van der Waals surface area contributed by atoms with Gasteiger partial charge < -0.3 is 10.6 Å². The number of carbonyl (C=O) groups excluding carboxylic acids is 2. The van der Waals surface area contributed by atoms with Crippen LogP contribution in [-0.2, 0) is 14.8 Å². The maximum Gasteiger partial charge on any atom is 0.264 e. The van der Waals surface area contributed by atoms with E-state index in [0.29, 0.717) is 0 Å². The van der Waals surface area contributed by atoms with Crippen molar-refractivity contribution < 1.29 is 22.4 Å². The van der Waals surface area contributed by atoms with Gasteiger partial charge in [0, 0.05) is 6.04 Å². The number of rotatable bonds is 8. The molecule has 0 unspecified atom stereocenters. The van der Waals surface area contributed by atoms with Crippen LogP contribution in [0.5, 0.6) is 0 Å². The number of nitrogens with zero attached hydrogens (tertiary/aromatic N) is 1. The Morgan fingerprint density at radius 1 is 0.919 bits per heavy atom. The quantitative estimate of drug-likeness (QED) is 0.433. The molecule has 0 atom stereocenters. The molecule has 1 saturated carbocycles. The first-order valence-corrected chi connectivity index (χ1v) is 13.7. The fraction of sp³-hybridized carbons (Fsp3) is 0.286. The highest BCUT2D eigenvalue weighted by molar-refractivity contribution is 7.92. The average molecular weight is 524 g/mol. The summed E-state index contributed by atoms with van der Waals surface area (Å²) >= 11 is 0. The average Bonchev–Trinajstić information content (AvgIpc) is 2.89. The molecular weight excluding hydrogens is 493 g/mol. The van der Waals surface area contributed by atoms with Crippen LogP contribution in [0.3, 0.4) is 0 Å². The molecule has 4 rings (SSSR count). The van der Waals surface area contributed by atoms with Gasteiger partial charge in [-0.2, -0.15) is 0 Å². The topological polar surface area (TPSA) is 95.6 Å². The van der Waals surface area contributed by atoms with Gasteiger partial charge in [0.05, 0.1) is 21.8 Å². The summed E-state index contributed by atoms with van der Waals surface area (Å²) in [5.41, 5.74) is 1.14. The predicted molar refractivity (Wildman–Crippen MR) is 142 cm³/mol. The lowest BCUT2D eigenvalue weighted by atomic mass is 9.95. The summed E-state index contributed by atoms with van der Waals surface area (Å²) in [6.45, 7) is 1.13. The van der Waals surface area contributed by atoms with E-state index in [1.165, 1.54) is 30.3 Å². The molecule has 2 N–H and O–H groups in total. The van der Waals surface area contributed by atoms with Crippen LogP contribution in [0, 0.1) is 12.7 Å². The molecule has 37 heavy (non-hydrogen) atoms. The van der Waals surface area contributed by atoms with Gasteiger partial charge in [-0.3, -0.25) is 13.9 Å². The molecule has 1 fully saturated rings. The molecule has 0 aromatic heterocycles. The lowest BCUT2D eigenvalue weighted by Gasteiger charge is -2.25. The van der Waals surface area contributed by atoms with Crippen molar-refractivity contribution in [1.29, 1.82) is 0 Å². The molecule has 3 aromatic carbocycles. The maximum absolute atomic E-state index is 14.7. The number of sulfonamides is 1. The third-order valence-electron chi connectivity index (χ3n) is 6.40. The van der Waals surface area contributed by atoms with Gasteiger partial charge in [0.15, 0.2) is 0 Å². The van der Waals surface area contributed by atoms with E-state index in [-0.39, 0.29) is 33.8 Å². The van der Waals surface area contributed by atoms with Crippen LogP contribution in [0.15, 0.2) is 77.7 Å². The lowest BCUT2D eigenvalue weighted by Crippen LogP contribution is -2.39. The summed E-state index contributed by atoms with van der Waals surface area (Å²) in [5.74, 6) is -1.80. The van der Waals surface area contributed by atoms with E-state index in [4.69, 9.17) is 0 Å². The second kappa shape index (κ2) is 11.6. The fourth-order valence-corrected chi connectivity index (χ4v) is 5.84. The fourth-order valence-electron chi connectivity index (χ4n) is 4.41. The lowest BCUT2D eigenvalue weighted by molar-refractivity contribution is -0.114. The van der Waals surface area contributed by atoms with Crippen LogP contribution in [0.2, 0.25) is 0 Å². The Morgan fingerprint density at radius 3 is 2.27 bits per heavy atom. The zero-order chi connectivity index (χ0) is 26.4. The number of amides is 2. The molecule has 0 bridgehead atoms. The van der Waals surface area contributed by atoms with Crippen LogP contribution < -0.4 is 14.9 Å². The van der Waals surface area contributed by atoms with E-state index < -0.39 is 28.3 Å². The van der Waals surface area contributed by atoms with E-state index in [0.717, 1.165) is 48.0 Å². The molecule has 0 heterocycles. The van der Waals surface area contributed by atoms with Crippen molar-refractivity contribution in [3.05, 3.63) is 89.7 Å². The number of hydrogen-bond acceptors (Lipinski definition) is 4. The summed E-state index contributed by atoms with van der Waals surface area (Å²) < 4.78 is 42.5. The number of benzene rings is 3. The summed E-state index contributed by atoms with van der Waals surface area (Å²) in [6.07, 6.45) is 5.10. The highest BCUT2D eigenvalue weighted by Crippen LogP contribution is 2.27. The summed E-state index contributed by atoms with van der Waals surface area (Å²) in [7, 11) is -4.27. The minimum atomic E-state index is -4.27. The third kappa shape index (κ3) is 6.35. The Kier molecular flexibility index (Phi) is 8.23. The second-order valence-corrected chi connectivity index (χ2v) is 11.0. The summed E-state index contributed by atoms with van der Waals surface area (Å²) in [6, 6.07) is 18.1. The molecule has 3 aromatic rings. The number of halogens is 1. The standard InChI is InChI=1S/C28H30FN3O4S/c1-20-15-17-22(18-16-20)37(35,36)32(26-14-8-6-12-24(26)29)19-27(33)31-25-13-7-5-11-23(25)28(34)30-21-9-3-2-4-10-21/h5-8,11-18,21H,2-4,9-10,19H2,1H3,(H,30,34)(H,31,33). The molecule has 0 spiro atoms. The monoisotopic (exact) mass is 523 g/mol. The van der Waals surface area contributed by atoms with Crippen molar-refractivity contribution in [2.75, 3.05) is 16.2 Å². The van der Waals surface area contributed by atoms with Crippen molar-refractivity contribution >= 4 is 33.2 Å². The van der Waals surface area contributed by atoms with Crippen molar-refractivity contribution in [1.82, 2.24) is 5.32 Å². The molecule has 7 nitrogen and oxygen atoms in total. The molecule has 0 aliphatic heterocycles. The van der Waals surface area contributed by atoms with Gasteiger partial charge in [-0.05, 0) is 56.2 Å². The number of aryl methyl sites for hydroxylation is 1. The van der Waals surface area contributed by atoms with Crippen molar-refractivity contribution in [3.8, 4) is 0 Å². The SMILES string of the molecule is Cc1ccc(S(=O)(=O)N(CC(=O)Nc2ccccc2C(=O)NC2CCCCC2)c2ccccc2F)cc1. The number of nitrogens with one attached hydrogen (secondary N) is 2. The van der Waals surface area contributed by atoms with Gasteiger partial charge in [0.2, 0.25) is 5.91 Å². The third-order valence-corrected chi connectivity index (χ3v) is 8.18. The number of carbonyl (C=O) groups is 2. The number of hydrogen-bond donors (Lipinski definition) is 2. The Hall–Kier alpha value is -3.72. The minimum Gasteiger partial charge on any atom is -0.349 e. The number of para-hydroxylation sites is 2. The first-order valence-electron chi connectivity index (χ1n) is 12.3. The van der Waals surface area contributed by atoms with Gasteiger partial charge in [-0.25, -0.2) is 12.8 Å². The van der Waals surface area contributed by atoms with Crippen LogP contribution >= 0.6 is 0 Å². The van der Waals surface area contributed by atoms with Gasteiger partial charge in [-0.15, -0.1) is 0 Å². The molecule has 0 saturated heterocycles. The van der Waals surface area contributed by atoms with Gasteiger partial charge in [0.25, 0.3) is 15.9 Å². The molecular formula is C28H30FN3O4S. The number of anilines is 2. The molecule has 1 aliphatic rings. The zero-order valence-corrected chi connectivity index (χ0v) is 21.4. The van der Waals surface area contributed by atoms with Crippen LogP contribution in [0.1, 0.15) is 48.0 Å². The largest absolute Gasteiger partial charge is 0.349 e. The maximum atomic E-state index is 14.7. The highest BCUT2D eigenvalue weighted by atomic mass is 32.2. The van der Waals surface area contributed by atoms with Crippen LogP contribution in [-0.4, -0.2) is 32.8 Å². The summed E-state index contributed by atoms with van der Waals surface area (Å²) in [5, 5.41) is 5.68. The van der Waals surface area contributed by atoms with E-state index in [2.05, 4.69) is 10.6 Å². The van der Waals surface area contributed by atoms with Gasteiger partial charge in [-0.1, -0.05) is 61.2 Å². The molecule has 2 amide bonds. The Bertz CT molecular complexity index is 1370. The highest BCUT2D eigenvalue weighted by Gasteiger charge is 2.29. The first-order chi connectivity index (χ1) is 17.8. The normalized spacial score (nSPS) is 14.1. The first kappa shape index (κ1) is 26.3. The van der Waals surface area contributed by atoms with Crippen molar-refractivity contribution in [2.24, 2.45) is 0 Å². The van der Waals surface area contributed by atoms with E-state index in [9.17, 15) is 22.4 Å². The van der Waals surface area contributed by atoms with E-state index >= 15 is 0 Å². The molecule has 1 aliphatic carbocycles. The van der Waals surface area contributed by atoms with E-state index in [1.807, 2.05) is 6.92 Å². The second-order valence-electron chi connectivity index (χ2n) is 9.18. The Morgan fingerprint density at radius 2 is 1.57 bits per heavy atom. The van der Waals surface area contributed by atoms with Crippen LogP contribution in [0.25, 0.3) is 0 Å². The van der Waals surface area contributed by atoms with Gasteiger partial charge >= 0.3 is 0 Å². The summed E-state index contributed by atoms with van der Waals surface area (Å²) in [4.78, 5) is 26.0. The molecule has 194 valence electrons. The Balaban J connectivity index is 1.58. The van der Waals surface area contributed by atoms with Crippen LogP contribution in [0.4, 0.5) is 15.8 Å². The van der Waals surface area contributed by atoms with Crippen molar-refractivity contribution in [2.45, 2.75) is 50.0 Å².